The van der Waals surface area contributed by atoms with Gasteiger partial charge in [0.15, 0.2) is 0 Å². The molecular formula is C8H4Cl3F3O2. The van der Waals surface area contributed by atoms with Crippen molar-refractivity contribution < 1.29 is 23.0 Å². The quantitative estimate of drug-likeness (QED) is 0.835. The van der Waals surface area contributed by atoms with Crippen LogP contribution in [0.4, 0.5) is 13.2 Å². The molecule has 8 heteroatoms. The average Bonchev–Trinajstić information content (AvgIpc) is 2.17. The van der Waals surface area contributed by atoms with Crippen molar-refractivity contribution in [3.8, 4) is 5.75 Å². The van der Waals surface area contributed by atoms with E-state index in [1.165, 1.54) is 0 Å². The number of alkyl halides is 3. The van der Waals surface area contributed by atoms with Gasteiger partial charge in [0, 0.05) is 5.56 Å². The second-order valence-electron chi connectivity index (χ2n) is 2.68. The Balaban J connectivity index is 3.25. The lowest BCUT2D eigenvalue weighted by Crippen LogP contribution is -2.17. The Labute approximate surface area is 103 Å². The molecule has 0 atom stereocenters. The molecule has 2 nitrogen and oxygen atoms in total. The maximum atomic E-state index is 12.0. The number of aliphatic hydroxyl groups excluding tert-OH is 1. The summed E-state index contributed by atoms with van der Waals surface area (Å²) < 4.78 is 39.5. The fourth-order valence-electron chi connectivity index (χ4n) is 0.944. The molecule has 0 radical (unpaired) electrons. The first-order valence-corrected chi connectivity index (χ1v) is 4.92. The van der Waals surface area contributed by atoms with E-state index in [0.29, 0.717) is 0 Å². The van der Waals surface area contributed by atoms with Crippen molar-refractivity contribution in [1.82, 2.24) is 0 Å². The molecule has 0 saturated heterocycles. The van der Waals surface area contributed by atoms with Crippen LogP contribution in [0.5, 0.6) is 5.75 Å². The highest BCUT2D eigenvalue weighted by molar-refractivity contribution is 6.48. The Morgan fingerprint density at radius 3 is 2.12 bits per heavy atom. The highest BCUT2D eigenvalue weighted by atomic mass is 35.5. The first kappa shape index (κ1) is 13.7. The third kappa shape index (κ3) is 3.07. The Hall–Kier alpha value is -0.360. The van der Waals surface area contributed by atoms with Crippen LogP contribution >= 0.6 is 34.8 Å². The zero-order valence-corrected chi connectivity index (χ0v) is 9.68. The van der Waals surface area contributed by atoms with E-state index in [4.69, 9.17) is 39.9 Å². The first-order valence-electron chi connectivity index (χ1n) is 3.79. The Kier molecular flexibility index (Phi) is 4.17. The summed E-state index contributed by atoms with van der Waals surface area (Å²) in [6.45, 7) is -0.579. The minimum Gasteiger partial charge on any atom is -0.404 e. The van der Waals surface area contributed by atoms with Gasteiger partial charge in [-0.2, -0.15) is 0 Å². The number of rotatable bonds is 2. The topological polar surface area (TPSA) is 29.5 Å². The monoisotopic (exact) mass is 294 g/mol. The molecule has 1 N–H and O–H groups in total. The molecule has 0 aliphatic heterocycles. The predicted octanol–water partition coefficient (Wildman–Crippen LogP) is 4.04. The molecular weight excluding hydrogens is 291 g/mol. The molecule has 1 rings (SSSR count). The average molecular weight is 295 g/mol. The van der Waals surface area contributed by atoms with Crippen molar-refractivity contribution in [3.63, 3.8) is 0 Å². The van der Waals surface area contributed by atoms with Crippen LogP contribution in [0.25, 0.3) is 0 Å². The minimum atomic E-state index is -4.90. The first-order chi connectivity index (χ1) is 7.26. The molecule has 0 saturated carbocycles. The molecule has 1 aromatic rings. The van der Waals surface area contributed by atoms with E-state index < -0.39 is 23.7 Å². The molecule has 0 fully saturated rings. The van der Waals surface area contributed by atoms with Gasteiger partial charge < -0.3 is 9.84 Å². The van der Waals surface area contributed by atoms with Crippen LogP contribution in [0.15, 0.2) is 6.07 Å². The molecule has 16 heavy (non-hydrogen) atoms. The number of hydrogen-bond acceptors (Lipinski definition) is 2. The normalized spacial score (nSPS) is 11.7. The molecule has 0 aliphatic carbocycles. The highest BCUT2D eigenvalue weighted by Gasteiger charge is 2.33. The molecule has 0 amide bonds. The third-order valence-electron chi connectivity index (χ3n) is 1.59. The zero-order valence-electron chi connectivity index (χ0n) is 7.41. The van der Waals surface area contributed by atoms with Crippen molar-refractivity contribution in [2.75, 3.05) is 0 Å². The fraction of sp³-hybridized carbons (Fsp3) is 0.250. The van der Waals surface area contributed by atoms with Crippen molar-refractivity contribution in [2.24, 2.45) is 0 Å². The summed E-state index contributed by atoms with van der Waals surface area (Å²) in [5.74, 6) is -0.701. The number of hydrogen-bond donors (Lipinski definition) is 1. The molecule has 0 bridgehead atoms. The van der Waals surface area contributed by atoms with Crippen LogP contribution in [-0.2, 0) is 6.61 Å². The summed E-state index contributed by atoms with van der Waals surface area (Å²) in [6, 6.07) is 0.879. The Morgan fingerprint density at radius 2 is 1.69 bits per heavy atom. The number of ether oxygens (including phenoxy) is 1. The molecule has 0 spiro atoms. The Morgan fingerprint density at radius 1 is 1.12 bits per heavy atom. The summed E-state index contributed by atoms with van der Waals surface area (Å²) in [5, 5.41) is 7.97. The van der Waals surface area contributed by atoms with E-state index in [-0.39, 0.29) is 15.6 Å². The molecule has 0 unspecified atom stereocenters. The molecule has 90 valence electrons. The van der Waals surface area contributed by atoms with Gasteiger partial charge in [0.25, 0.3) is 0 Å². The largest absolute Gasteiger partial charge is 0.573 e. The highest BCUT2D eigenvalue weighted by Crippen LogP contribution is 2.41. The molecule has 0 aromatic heterocycles. The summed E-state index contributed by atoms with van der Waals surface area (Å²) in [5.41, 5.74) is -0.00434. The second kappa shape index (κ2) is 4.87. The van der Waals surface area contributed by atoms with E-state index in [1.54, 1.807) is 0 Å². The number of halogens is 6. The lowest BCUT2D eigenvalue weighted by molar-refractivity contribution is -0.274. The fourth-order valence-corrected chi connectivity index (χ4v) is 1.60. The van der Waals surface area contributed by atoms with Gasteiger partial charge in [-0.3, -0.25) is 0 Å². The van der Waals surface area contributed by atoms with E-state index >= 15 is 0 Å². The van der Waals surface area contributed by atoms with Gasteiger partial charge in [-0.15, -0.1) is 13.2 Å². The summed E-state index contributed by atoms with van der Waals surface area (Å²) in [4.78, 5) is 0. The van der Waals surface area contributed by atoms with Crippen LogP contribution in [-0.4, -0.2) is 11.5 Å². The smallest absolute Gasteiger partial charge is 0.404 e. The van der Waals surface area contributed by atoms with Gasteiger partial charge in [-0.05, 0) is 6.07 Å². The van der Waals surface area contributed by atoms with E-state index in [1.807, 2.05) is 0 Å². The zero-order chi connectivity index (χ0) is 12.5. The standard InChI is InChI=1S/C8H4Cl3F3O2/c9-5-3(2-15)1-4(6(10)7(5)11)16-8(12,13)14/h1,15H,2H2. The van der Waals surface area contributed by atoms with Gasteiger partial charge in [0.2, 0.25) is 0 Å². The second-order valence-corrected chi connectivity index (χ2v) is 3.82. The van der Waals surface area contributed by atoms with Crippen LogP contribution in [0.1, 0.15) is 5.56 Å². The van der Waals surface area contributed by atoms with Crippen molar-refractivity contribution in [1.29, 1.82) is 0 Å². The van der Waals surface area contributed by atoms with Gasteiger partial charge >= 0.3 is 6.36 Å². The van der Waals surface area contributed by atoms with Crippen molar-refractivity contribution in [2.45, 2.75) is 13.0 Å². The van der Waals surface area contributed by atoms with Crippen LogP contribution < -0.4 is 4.74 Å². The van der Waals surface area contributed by atoms with E-state index in [2.05, 4.69) is 4.74 Å². The van der Waals surface area contributed by atoms with E-state index in [0.717, 1.165) is 6.07 Å². The van der Waals surface area contributed by atoms with Gasteiger partial charge in [-0.1, -0.05) is 34.8 Å². The maximum absolute atomic E-state index is 12.0. The van der Waals surface area contributed by atoms with Crippen molar-refractivity contribution in [3.05, 3.63) is 26.7 Å². The van der Waals surface area contributed by atoms with Crippen LogP contribution in [0.2, 0.25) is 15.1 Å². The van der Waals surface area contributed by atoms with Crippen LogP contribution in [0.3, 0.4) is 0 Å². The van der Waals surface area contributed by atoms with Gasteiger partial charge in [0.1, 0.15) is 10.8 Å². The van der Waals surface area contributed by atoms with Gasteiger partial charge in [-0.25, -0.2) is 0 Å². The predicted molar refractivity (Wildman–Crippen MR) is 54.1 cm³/mol. The van der Waals surface area contributed by atoms with Crippen LogP contribution in [0, 0.1) is 0 Å². The Bertz CT molecular complexity index is 406. The summed E-state index contributed by atoms with van der Waals surface area (Å²) in [6.07, 6.45) is -4.90. The molecule has 0 heterocycles. The SMILES string of the molecule is OCc1cc(OC(F)(F)F)c(Cl)c(Cl)c1Cl. The number of benzene rings is 1. The summed E-state index contributed by atoms with van der Waals surface area (Å²) >= 11 is 16.7. The lowest BCUT2D eigenvalue weighted by Gasteiger charge is -2.13. The number of aliphatic hydroxyl groups is 1. The van der Waals surface area contributed by atoms with Gasteiger partial charge in [0.05, 0.1) is 16.7 Å². The molecule has 1 aromatic carbocycles. The summed E-state index contributed by atoms with van der Waals surface area (Å²) in [7, 11) is 0. The lowest BCUT2D eigenvalue weighted by atomic mass is 10.2. The minimum absolute atomic E-state index is 0.00434. The molecule has 0 aliphatic rings. The maximum Gasteiger partial charge on any atom is 0.573 e. The van der Waals surface area contributed by atoms with Crippen molar-refractivity contribution >= 4 is 34.8 Å². The van der Waals surface area contributed by atoms with E-state index in [9.17, 15) is 13.2 Å². The third-order valence-corrected chi connectivity index (χ3v) is 2.96.